The summed E-state index contributed by atoms with van der Waals surface area (Å²) in [5, 5.41) is 3.54. The van der Waals surface area contributed by atoms with Crippen LogP contribution in [0.4, 0.5) is 0 Å². The number of aryl methyl sites for hydroxylation is 1. The van der Waals surface area contributed by atoms with E-state index in [2.05, 4.69) is 43.3 Å². The average molecular weight is 457 g/mol. The maximum atomic E-state index is 12.6. The molecule has 0 spiro atoms. The van der Waals surface area contributed by atoms with Gasteiger partial charge >= 0.3 is 0 Å². The van der Waals surface area contributed by atoms with Gasteiger partial charge in [0.2, 0.25) is 5.91 Å². The van der Waals surface area contributed by atoms with Gasteiger partial charge in [-0.1, -0.05) is 46.3 Å². The van der Waals surface area contributed by atoms with Gasteiger partial charge in [-0.25, -0.2) is 4.98 Å². The molecular weight excluding hydrogens is 432 g/mol. The van der Waals surface area contributed by atoms with E-state index in [1.54, 1.807) is 12.1 Å². The summed E-state index contributed by atoms with van der Waals surface area (Å²) in [6.07, 6.45) is 2.59. The van der Waals surface area contributed by atoms with E-state index >= 15 is 0 Å². The van der Waals surface area contributed by atoms with Crippen LogP contribution in [0.3, 0.4) is 0 Å². The number of nitrogens with one attached hydrogen (secondary N) is 1. The van der Waals surface area contributed by atoms with E-state index in [1.165, 1.54) is 16.5 Å². The Labute approximate surface area is 178 Å². The van der Waals surface area contributed by atoms with Crippen LogP contribution < -0.4 is 10.9 Å². The monoisotopic (exact) mass is 456 g/mol. The van der Waals surface area contributed by atoms with Crippen LogP contribution in [0.5, 0.6) is 0 Å². The van der Waals surface area contributed by atoms with Gasteiger partial charge in [0.25, 0.3) is 5.56 Å². The van der Waals surface area contributed by atoms with Crippen molar-refractivity contribution in [2.45, 2.75) is 25.4 Å². The van der Waals surface area contributed by atoms with Gasteiger partial charge < -0.3 is 10.2 Å². The molecule has 1 N–H and O–H groups in total. The quantitative estimate of drug-likeness (QED) is 0.565. The van der Waals surface area contributed by atoms with Gasteiger partial charge in [-0.3, -0.25) is 14.2 Å². The maximum absolute atomic E-state index is 12.6. The van der Waals surface area contributed by atoms with Gasteiger partial charge in [0.05, 0.1) is 17.2 Å². The molecule has 3 rings (SSSR count). The number of aromatic nitrogens is 2. The number of carbonyl (C=O) groups is 1. The lowest BCUT2D eigenvalue weighted by Gasteiger charge is -2.24. The first kappa shape index (κ1) is 21.2. The van der Waals surface area contributed by atoms with Gasteiger partial charge in [-0.05, 0) is 44.3 Å². The second-order valence-corrected chi connectivity index (χ2v) is 8.18. The Morgan fingerprint density at radius 3 is 2.69 bits per heavy atom. The van der Waals surface area contributed by atoms with Gasteiger partial charge in [0, 0.05) is 30.0 Å². The highest BCUT2D eigenvalue weighted by Crippen LogP contribution is 2.14. The number of rotatable bonds is 8. The summed E-state index contributed by atoms with van der Waals surface area (Å²) in [4.78, 5) is 31.4. The number of hydrogen-bond donors (Lipinski definition) is 1. The summed E-state index contributed by atoms with van der Waals surface area (Å²) < 4.78 is 2.31. The first-order valence-corrected chi connectivity index (χ1v) is 10.3. The molecule has 0 aliphatic carbocycles. The minimum Gasteiger partial charge on any atom is -0.354 e. The van der Waals surface area contributed by atoms with Crippen LogP contribution in [-0.4, -0.2) is 47.0 Å². The van der Waals surface area contributed by atoms with Crippen molar-refractivity contribution in [1.29, 1.82) is 0 Å². The fraction of sp³-hybridized carbons (Fsp3) is 0.318. The number of amides is 1. The molecule has 0 saturated heterocycles. The highest BCUT2D eigenvalue weighted by atomic mass is 79.9. The summed E-state index contributed by atoms with van der Waals surface area (Å²) in [7, 11) is 4.02. The molecule has 0 radical (unpaired) electrons. The molecule has 0 fully saturated rings. The van der Waals surface area contributed by atoms with Crippen molar-refractivity contribution < 1.29 is 4.79 Å². The zero-order valence-corrected chi connectivity index (χ0v) is 18.2. The molecule has 0 aliphatic rings. The van der Waals surface area contributed by atoms with E-state index in [0.29, 0.717) is 24.0 Å². The molecule has 2 aromatic carbocycles. The van der Waals surface area contributed by atoms with Crippen molar-refractivity contribution >= 4 is 32.7 Å². The molecule has 1 amide bonds. The van der Waals surface area contributed by atoms with Crippen molar-refractivity contribution in [3.8, 4) is 0 Å². The molecule has 6 nitrogen and oxygen atoms in total. The Bertz CT molecular complexity index is 1030. The number of benzene rings is 2. The molecule has 1 unspecified atom stereocenters. The predicted molar refractivity (Wildman–Crippen MR) is 119 cm³/mol. The molecule has 1 heterocycles. The number of likely N-dealkylation sites (N-methyl/N-ethyl adjacent to an activating group) is 1. The molecule has 3 aromatic rings. The number of hydrogen-bond acceptors (Lipinski definition) is 4. The molecule has 7 heteroatoms. The van der Waals surface area contributed by atoms with Crippen molar-refractivity contribution in [2.75, 3.05) is 20.6 Å². The van der Waals surface area contributed by atoms with E-state index in [-0.39, 0.29) is 23.9 Å². The van der Waals surface area contributed by atoms with E-state index in [1.807, 2.05) is 38.4 Å². The molecule has 0 bridgehead atoms. The SMILES string of the molecule is CN(C)C(CNC(=O)CCn1cnc2ccc(Br)cc2c1=O)Cc1ccccc1. The highest BCUT2D eigenvalue weighted by molar-refractivity contribution is 9.10. The second kappa shape index (κ2) is 9.80. The minimum absolute atomic E-state index is 0.0776. The number of carbonyl (C=O) groups excluding carboxylic acids is 1. The van der Waals surface area contributed by atoms with Crippen LogP contribution in [0.15, 0.2) is 64.1 Å². The lowest BCUT2D eigenvalue weighted by Crippen LogP contribution is -2.42. The minimum atomic E-state index is -0.139. The van der Waals surface area contributed by atoms with E-state index < -0.39 is 0 Å². The molecule has 152 valence electrons. The van der Waals surface area contributed by atoms with E-state index in [4.69, 9.17) is 0 Å². The maximum Gasteiger partial charge on any atom is 0.261 e. The first-order valence-electron chi connectivity index (χ1n) is 9.56. The number of halogens is 1. The molecule has 29 heavy (non-hydrogen) atoms. The van der Waals surface area contributed by atoms with Crippen LogP contribution in [0, 0.1) is 0 Å². The van der Waals surface area contributed by atoms with Crippen molar-refractivity contribution in [3.05, 3.63) is 75.2 Å². The lowest BCUT2D eigenvalue weighted by molar-refractivity contribution is -0.121. The van der Waals surface area contributed by atoms with Crippen LogP contribution in [0.2, 0.25) is 0 Å². The molecule has 0 aliphatic heterocycles. The molecule has 0 saturated carbocycles. The van der Waals surface area contributed by atoms with Crippen LogP contribution >= 0.6 is 15.9 Å². The fourth-order valence-corrected chi connectivity index (χ4v) is 3.52. The predicted octanol–water partition coefficient (Wildman–Crippen LogP) is 2.84. The van der Waals surface area contributed by atoms with Crippen molar-refractivity contribution in [3.63, 3.8) is 0 Å². The van der Waals surface area contributed by atoms with Crippen LogP contribution in [-0.2, 0) is 17.8 Å². The standard InChI is InChI=1S/C22H25BrN4O2/c1-26(2)18(12-16-6-4-3-5-7-16)14-24-21(28)10-11-27-15-25-20-9-8-17(23)13-19(20)22(27)29/h3-9,13,15,18H,10-12,14H2,1-2H3,(H,24,28). The zero-order chi connectivity index (χ0) is 20.8. The third-order valence-corrected chi connectivity index (χ3v) is 5.44. The van der Waals surface area contributed by atoms with Gasteiger partial charge in [-0.15, -0.1) is 0 Å². The van der Waals surface area contributed by atoms with Crippen molar-refractivity contribution in [2.24, 2.45) is 0 Å². The average Bonchev–Trinajstić information content (AvgIpc) is 2.71. The van der Waals surface area contributed by atoms with E-state index in [0.717, 1.165) is 10.9 Å². The Kier molecular flexibility index (Phi) is 7.17. The lowest BCUT2D eigenvalue weighted by atomic mass is 10.1. The first-order chi connectivity index (χ1) is 13.9. The summed E-state index contributed by atoms with van der Waals surface area (Å²) in [5.74, 6) is -0.0776. The topological polar surface area (TPSA) is 67.2 Å². The Morgan fingerprint density at radius 2 is 1.97 bits per heavy atom. The third-order valence-electron chi connectivity index (χ3n) is 4.95. The Balaban J connectivity index is 1.57. The molecule has 1 atom stereocenters. The summed E-state index contributed by atoms with van der Waals surface area (Å²) in [6.45, 7) is 0.851. The summed E-state index contributed by atoms with van der Waals surface area (Å²) >= 11 is 3.38. The summed E-state index contributed by atoms with van der Waals surface area (Å²) in [5.41, 5.74) is 1.74. The number of nitrogens with zero attached hydrogens (tertiary/aromatic N) is 3. The van der Waals surface area contributed by atoms with Gasteiger partial charge in [0.1, 0.15) is 0 Å². The largest absolute Gasteiger partial charge is 0.354 e. The third kappa shape index (κ3) is 5.74. The second-order valence-electron chi connectivity index (χ2n) is 7.27. The fourth-order valence-electron chi connectivity index (χ4n) is 3.16. The van der Waals surface area contributed by atoms with Crippen LogP contribution in [0.1, 0.15) is 12.0 Å². The smallest absolute Gasteiger partial charge is 0.261 e. The summed E-state index contributed by atoms with van der Waals surface area (Å²) in [6, 6.07) is 15.8. The van der Waals surface area contributed by atoms with E-state index in [9.17, 15) is 9.59 Å². The number of fused-ring (bicyclic) bond motifs is 1. The van der Waals surface area contributed by atoms with Gasteiger partial charge in [-0.2, -0.15) is 0 Å². The Hall–Kier alpha value is -2.51. The normalized spacial score (nSPS) is 12.3. The zero-order valence-electron chi connectivity index (χ0n) is 16.6. The molecular formula is C22H25BrN4O2. The van der Waals surface area contributed by atoms with Gasteiger partial charge in [0.15, 0.2) is 0 Å². The molecule has 1 aromatic heterocycles. The van der Waals surface area contributed by atoms with Crippen molar-refractivity contribution in [1.82, 2.24) is 19.8 Å². The highest BCUT2D eigenvalue weighted by Gasteiger charge is 2.14. The van der Waals surface area contributed by atoms with Crippen LogP contribution in [0.25, 0.3) is 10.9 Å². The Morgan fingerprint density at radius 1 is 1.21 bits per heavy atom.